The van der Waals surface area contributed by atoms with E-state index in [0.29, 0.717) is 13.1 Å². The lowest BCUT2D eigenvalue weighted by Crippen LogP contribution is -2.54. The van der Waals surface area contributed by atoms with Crippen LogP contribution in [0.2, 0.25) is 0 Å². The standard InChI is InChI=1S/C30H51N3O4S/c1-7-10-12-13-15-21-33(28(35)25(22-38)32-29(36)37-30(4,5)6)26(27(34)31-20-14-11-8-2)24-18-16-23(9-3)17-19-24/h16-19,25-26,38H,7-15,20-22H2,1-6H3,(H,31,34)(H,32,36). The molecule has 3 amide bonds. The summed E-state index contributed by atoms with van der Waals surface area (Å²) in [6, 6.07) is 6.16. The first-order valence-corrected chi connectivity index (χ1v) is 15.0. The summed E-state index contributed by atoms with van der Waals surface area (Å²) >= 11 is 4.37. The van der Waals surface area contributed by atoms with Crippen LogP contribution < -0.4 is 10.6 Å². The minimum atomic E-state index is -0.922. The molecule has 0 aliphatic carbocycles. The number of alkyl carbamates (subject to hydrolysis) is 1. The third-order valence-electron chi connectivity index (χ3n) is 6.30. The summed E-state index contributed by atoms with van der Waals surface area (Å²) in [7, 11) is 0. The monoisotopic (exact) mass is 549 g/mol. The highest BCUT2D eigenvalue weighted by atomic mass is 32.1. The molecule has 0 saturated carbocycles. The number of aryl methyl sites for hydroxylation is 1. The van der Waals surface area contributed by atoms with Crippen molar-refractivity contribution >= 4 is 30.5 Å². The molecular formula is C30H51N3O4S. The molecule has 38 heavy (non-hydrogen) atoms. The zero-order chi connectivity index (χ0) is 28.6. The number of benzene rings is 1. The van der Waals surface area contributed by atoms with E-state index in [0.717, 1.165) is 68.9 Å². The summed E-state index contributed by atoms with van der Waals surface area (Å²) in [5.41, 5.74) is 1.22. The molecule has 0 radical (unpaired) electrons. The van der Waals surface area contributed by atoms with Crippen LogP contribution in [0.25, 0.3) is 0 Å². The van der Waals surface area contributed by atoms with Crippen LogP contribution in [0.1, 0.15) is 110 Å². The van der Waals surface area contributed by atoms with Gasteiger partial charge in [0.2, 0.25) is 11.8 Å². The van der Waals surface area contributed by atoms with Crippen LogP contribution in [0, 0.1) is 0 Å². The molecule has 7 nitrogen and oxygen atoms in total. The van der Waals surface area contributed by atoms with E-state index in [2.05, 4.69) is 44.0 Å². The van der Waals surface area contributed by atoms with Crippen molar-refractivity contribution in [2.24, 2.45) is 0 Å². The van der Waals surface area contributed by atoms with Crippen molar-refractivity contribution in [3.8, 4) is 0 Å². The van der Waals surface area contributed by atoms with Gasteiger partial charge in [-0.3, -0.25) is 9.59 Å². The zero-order valence-corrected chi connectivity index (χ0v) is 25.4. The normalized spacial score (nSPS) is 12.9. The number of hydrogen-bond donors (Lipinski definition) is 3. The molecule has 1 rings (SSSR count). The van der Waals surface area contributed by atoms with Gasteiger partial charge in [-0.2, -0.15) is 12.6 Å². The largest absolute Gasteiger partial charge is 0.444 e. The highest BCUT2D eigenvalue weighted by molar-refractivity contribution is 7.80. The van der Waals surface area contributed by atoms with Crippen molar-refractivity contribution in [1.29, 1.82) is 0 Å². The first-order chi connectivity index (χ1) is 18.1. The Morgan fingerprint density at radius 2 is 1.53 bits per heavy atom. The number of nitrogens with zero attached hydrogens (tertiary/aromatic N) is 1. The Morgan fingerprint density at radius 3 is 2.08 bits per heavy atom. The van der Waals surface area contributed by atoms with E-state index < -0.39 is 23.8 Å². The van der Waals surface area contributed by atoms with Crippen LogP contribution in [-0.2, 0) is 20.7 Å². The summed E-state index contributed by atoms with van der Waals surface area (Å²) < 4.78 is 5.39. The predicted molar refractivity (Wildman–Crippen MR) is 159 cm³/mol. The second-order valence-corrected chi connectivity index (χ2v) is 11.2. The predicted octanol–water partition coefficient (Wildman–Crippen LogP) is 6.22. The van der Waals surface area contributed by atoms with E-state index in [4.69, 9.17) is 4.74 Å². The Bertz CT molecular complexity index is 839. The molecule has 0 aliphatic heterocycles. The van der Waals surface area contributed by atoms with Gasteiger partial charge in [0.25, 0.3) is 0 Å². The van der Waals surface area contributed by atoms with Crippen molar-refractivity contribution < 1.29 is 19.1 Å². The molecule has 0 saturated heterocycles. The van der Waals surface area contributed by atoms with Crippen LogP contribution in [-0.4, -0.2) is 53.3 Å². The number of unbranched alkanes of at least 4 members (excludes halogenated alkanes) is 6. The molecule has 1 aromatic rings. The van der Waals surface area contributed by atoms with Crippen molar-refractivity contribution in [1.82, 2.24) is 15.5 Å². The minimum absolute atomic E-state index is 0.0873. The number of carbonyl (C=O) groups is 3. The van der Waals surface area contributed by atoms with Gasteiger partial charge in [-0.05, 0) is 51.2 Å². The van der Waals surface area contributed by atoms with E-state index >= 15 is 0 Å². The number of hydrogen-bond acceptors (Lipinski definition) is 5. The van der Waals surface area contributed by atoms with Gasteiger partial charge in [-0.15, -0.1) is 0 Å². The average molecular weight is 550 g/mol. The van der Waals surface area contributed by atoms with Gasteiger partial charge in [0, 0.05) is 18.8 Å². The molecule has 2 N–H and O–H groups in total. The zero-order valence-electron chi connectivity index (χ0n) is 24.5. The fraction of sp³-hybridized carbons (Fsp3) is 0.700. The summed E-state index contributed by atoms with van der Waals surface area (Å²) in [6.07, 6.45) is 8.22. The summed E-state index contributed by atoms with van der Waals surface area (Å²) in [5.74, 6) is -0.457. The van der Waals surface area contributed by atoms with Crippen molar-refractivity contribution in [3.63, 3.8) is 0 Å². The molecule has 8 heteroatoms. The Balaban J connectivity index is 3.32. The number of nitrogens with one attached hydrogen (secondary N) is 2. The van der Waals surface area contributed by atoms with Crippen LogP contribution in [0.3, 0.4) is 0 Å². The maximum absolute atomic E-state index is 13.9. The second kappa shape index (κ2) is 18.1. The number of ether oxygens (including phenoxy) is 1. The topological polar surface area (TPSA) is 87.7 Å². The van der Waals surface area contributed by atoms with Crippen LogP contribution >= 0.6 is 12.6 Å². The highest BCUT2D eigenvalue weighted by Crippen LogP contribution is 2.25. The minimum Gasteiger partial charge on any atom is -0.444 e. The summed E-state index contributed by atoms with van der Waals surface area (Å²) in [5, 5.41) is 5.73. The summed E-state index contributed by atoms with van der Waals surface area (Å²) in [4.78, 5) is 41.7. The lowest BCUT2D eigenvalue weighted by atomic mass is 10.00. The quantitative estimate of drug-likeness (QED) is 0.159. The fourth-order valence-electron chi connectivity index (χ4n) is 4.18. The number of rotatable bonds is 17. The van der Waals surface area contributed by atoms with Crippen LogP contribution in [0.4, 0.5) is 4.79 Å². The first kappa shape index (κ1) is 33.8. The molecule has 0 heterocycles. The van der Waals surface area contributed by atoms with Crippen molar-refractivity contribution in [3.05, 3.63) is 35.4 Å². The van der Waals surface area contributed by atoms with E-state index in [-0.39, 0.29) is 17.6 Å². The van der Waals surface area contributed by atoms with Gasteiger partial charge >= 0.3 is 6.09 Å². The maximum atomic E-state index is 13.9. The Hall–Kier alpha value is -2.22. The molecule has 2 atom stereocenters. The Morgan fingerprint density at radius 1 is 0.921 bits per heavy atom. The highest BCUT2D eigenvalue weighted by Gasteiger charge is 2.35. The van der Waals surface area contributed by atoms with E-state index in [9.17, 15) is 14.4 Å². The first-order valence-electron chi connectivity index (χ1n) is 14.3. The van der Waals surface area contributed by atoms with Gasteiger partial charge in [-0.1, -0.05) is 83.6 Å². The van der Waals surface area contributed by atoms with Crippen molar-refractivity contribution in [2.75, 3.05) is 18.8 Å². The average Bonchev–Trinajstić information content (AvgIpc) is 2.87. The molecule has 0 aliphatic rings. The smallest absolute Gasteiger partial charge is 0.408 e. The van der Waals surface area contributed by atoms with Gasteiger partial charge in [0.15, 0.2) is 0 Å². The maximum Gasteiger partial charge on any atom is 0.408 e. The van der Waals surface area contributed by atoms with Crippen molar-refractivity contribution in [2.45, 2.75) is 117 Å². The van der Waals surface area contributed by atoms with Crippen LogP contribution in [0.5, 0.6) is 0 Å². The second-order valence-electron chi connectivity index (χ2n) is 10.8. The SMILES string of the molecule is CCCCCCCN(C(=O)C(CS)NC(=O)OC(C)(C)C)C(C(=O)NCCCCC)c1ccc(CC)cc1. The fourth-order valence-corrected chi connectivity index (χ4v) is 4.43. The number of thiol groups is 1. The van der Waals surface area contributed by atoms with Gasteiger partial charge < -0.3 is 20.3 Å². The Kier molecular flexibility index (Phi) is 16.1. The summed E-state index contributed by atoms with van der Waals surface area (Å²) in [6.45, 7) is 12.6. The molecule has 1 aromatic carbocycles. The van der Waals surface area contributed by atoms with E-state index in [1.54, 1.807) is 25.7 Å². The van der Waals surface area contributed by atoms with E-state index in [1.807, 2.05) is 24.3 Å². The third kappa shape index (κ3) is 12.5. The number of amides is 3. The van der Waals surface area contributed by atoms with Gasteiger partial charge in [0.1, 0.15) is 17.7 Å². The molecule has 0 bridgehead atoms. The molecule has 0 spiro atoms. The van der Waals surface area contributed by atoms with E-state index in [1.165, 1.54) is 0 Å². The number of carbonyl (C=O) groups excluding carboxylic acids is 3. The molecule has 216 valence electrons. The lowest BCUT2D eigenvalue weighted by molar-refractivity contribution is -0.142. The molecule has 0 fully saturated rings. The van der Waals surface area contributed by atoms with Gasteiger partial charge in [-0.25, -0.2) is 4.79 Å². The van der Waals surface area contributed by atoms with Gasteiger partial charge in [0.05, 0.1) is 0 Å². The molecule has 0 aromatic heterocycles. The third-order valence-corrected chi connectivity index (χ3v) is 6.67. The molecular weight excluding hydrogens is 498 g/mol. The Labute approximate surface area is 236 Å². The molecule has 2 unspecified atom stereocenters. The lowest BCUT2D eigenvalue weighted by Gasteiger charge is -2.34. The van der Waals surface area contributed by atoms with Crippen LogP contribution in [0.15, 0.2) is 24.3 Å².